The molecule has 0 amide bonds. The Morgan fingerprint density at radius 2 is 1.09 bits per heavy atom. The van der Waals surface area contributed by atoms with E-state index in [9.17, 15) is 10.2 Å². The first-order chi connectivity index (χ1) is 11.1. The quantitative estimate of drug-likeness (QED) is 0.879. The molecule has 2 nitrogen and oxygen atoms in total. The smallest absolute Gasteiger partial charge is 0.115 e. The molecule has 2 aliphatic rings. The lowest BCUT2D eigenvalue weighted by Crippen LogP contribution is -2.33. The monoisotopic (exact) mass is 302 g/mol. The Bertz CT molecular complexity index is 769. The number of hydrogen-bond donors (Lipinski definition) is 2. The maximum Gasteiger partial charge on any atom is 0.115 e. The van der Waals surface area contributed by atoms with Crippen molar-refractivity contribution in [1.29, 1.82) is 0 Å². The molecule has 0 saturated heterocycles. The van der Waals surface area contributed by atoms with Gasteiger partial charge in [0.1, 0.15) is 11.5 Å². The summed E-state index contributed by atoms with van der Waals surface area (Å²) in [6.07, 6.45) is 8.72. The molecular weight excluding hydrogens is 284 g/mol. The van der Waals surface area contributed by atoms with Gasteiger partial charge in [-0.2, -0.15) is 0 Å². The second kappa shape index (κ2) is 4.88. The minimum absolute atomic E-state index is 0.261. The van der Waals surface area contributed by atoms with Gasteiger partial charge in [-0.1, -0.05) is 55.5 Å². The van der Waals surface area contributed by atoms with Gasteiger partial charge in [0.15, 0.2) is 0 Å². The molecule has 0 heterocycles. The first kappa shape index (κ1) is 13.9. The van der Waals surface area contributed by atoms with E-state index in [1.54, 1.807) is 24.3 Å². The predicted molar refractivity (Wildman–Crippen MR) is 91.5 cm³/mol. The number of phenolic OH excluding ortho intramolecular Hbond substituents is 2. The van der Waals surface area contributed by atoms with Crippen LogP contribution in [0.3, 0.4) is 0 Å². The molecular formula is C21H18O2. The van der Waals surface area contributed by atoms with Crippen molar-refractivity contribution in [3.05, 3.63) is 95.1 Å². The third-order valence-corrected chi connectivity index (χ3v) is 5.11. The Kier molecular flexibility index (Phi) is 2.95. The third kappa shape index (κ3) is 2.02. The molecule has 0 atom stereocenters. The van der Waals surface area contributed by atoms with E-state index in [0.29, 0.717) is 0 Å². The van der Waals surface area contributed by atoms with Gasteiger partial charge in [-0.05, 0) is 46.5 Å². The maximum absolute atomic E-state index is 9.64. The summed E-state index contributed by atoms with van der Waals surface area (Å²) in [5.41, 5.74) is 4.65. The Morgan fingerprint density at radius 1 is 0.696 bits per heavy atom. The maximum atomic E-state index is 9.64. The molecule has 23 heavy (non-hydrogen) atoms. The highest BCUT2D eigenvalue weighted by Crippen LogP contribution is 2.51. The van der Waals surface area contributed by atoms with Gasteiger partial charge in [-0.3, -0.25) is 0 Å². The molecule has 0 aliphatic heterocycles. The second-order valence-electron chi connectivity index (χ2n) is 6.40. The van der Waals surface area contributed by atoms with Gasteiger partial charge in [0, 0.05) is 11.3 Å². The van der Waals surface area contributed by atoms with Crippen molar-refractivity contribution in [2.24, 2.45) is 5.92 Å². The summed E-state index contributed by atoms with van der Waals surface area (Å²) in [6.45, 7) is 2.23. The number of phenols is 2. The SMILES string of the molecule is CC(c1ccc(O)cc1)(c1ccc(O)cc1)C1C2=CC=C1C=C2. The minimum atomic E-state index is -0.265. The van der Waals surface area contributed by atoms with E-state index < -0.39 is 0 Å². The van der Waals surface area contributed by atoms with E-state index in [0.717, 1.165) is 11.1 Å². The molecule has 114 valence electrons. The van der Waals surface area contributed by atoms with Crippen LogP contribution in [-0.2, 0) is 5.41 Å². The first-order valence-electron chi connectivity index (χ1n) is 7.78. The van der Waals surface area contributed by atoms with Crippen LogP contribution in [0.25, 0.3) is 0 Å². The van der Waals surface area contributed by atoms with Gasteiger partial charge in [0.2, 0.25) is 0 Å². The van der Waals surface area contributed by atoms with E-state index in [1.807, 2.05) is 24.3 Å². The zero-order valence-electron chi connectivity index (χ0n) is 12.9. The van der Waals surface area contributed by atoms with Crippen molar-refractivity contribution in [1.82, 2.24) is 0 Å². The lowest BCUT2D eigenvalue weighted by Gasteiger charge is -2.37. The summed E-state index contributed by atoms with van der Waals surface area (Å²) in [5, 5.41) is 19.3. The molecule has 2 aromatic carbocycles. The molecule has 2 aromatic rings. The topological polar surface area (TPSA) is 40.5 Å². The van der Waals surface area contributed by atoms with Gasteiger partial charge in [-0.25, -0.2) is 0 Å². The third-order valence-electron chi connectivity index (χ3n) is 5.11. The largest absolute Gasteiger partial charge is 0.508 e. The van der Waals surface area contributed by atoms with Crippen molar-refractivity contribution in [3.8, 4) is 11.5 Å². The number of fused-ring (bicyclic) bond motifs is 2. The molecule has 2 heteroatoms. The van der Waals surface area contributed by atoms with E-state index in [4.69, 9.17) is 0 Å². The average Bonchev–Trinajstić information content (AvgIpc) is 3.16. The average molecular weight is 302 g/mol. The van der Waals surface area contributed by atoms with Crippen LogP contribution < -0.4 is 0 Å². The number of hydrogen-bond acceptors (Lipinski definition) is 2. The van der Waals surface area contributed by atoms with Crippen LogP contribution in [0, 0.1) is 5.92 Å². The van der Waals surface area contributed by atoms with Crippen LogP contribution in [0.4, 0.5) is 0 Å². The van der Waals surface area contributed by atoms with Crippen LogP contribution in [0.1, 0.15) is 18.1 Å². The van der Waals surface area contributed by atoms with E-state index >= 15 is 0 Å². The lowest BCUT2D eigenvalue weighted by atomic mass is 9.65. The van der Waals surface area contributed by atoms with Crippen molar-refractivity contribution in [3.63, 3.8) is 0 Å². The number of benzene rings is 2. The van der Waals surface area contributed by atoms with Crippen molar-refractivity contribution >= 4 is 0 Å². The fourth-order valence-electron chi connectivity index (χ4n) is 3.86. The highest BCUT2D eigenvalue weighted by molar-refractivity contribution is 5.60. The summed E-state index contributed by atoms with van der Waals surface area (Å²) in [5.74, 6) is 0.803. The number of rotatable bonds is 3. The molecule has 0 aromatic heterocycles. The Balaban J connectivity index is 1.90. The molecule has 0 fully saturated rings. The summed E-state index contributed by atoms with van der Waals surface area (Å²) in [4.78, 5) is 0. The van der Waals surface area contributed by atoms with Crippen LogP contribution >= 0.6 is 0 Å². The van der Waals surface area contributed by atoms with Gasteiger partial charge >= 0.3 is 0 Å². The molecule has 0 radical (unpaired) electrons. The molecule has 2 aliphatic carbocycles. The van der Waals surface area contributed by atoms with Crippen molar-refractivity contribution in [2.75, 3.05) is 0 Å². The van der Waals surface area contributed by atoms with Crippen LogP contribution in [-0.4, -0.2) is 10.2 Å². The molecule has 4 rings (SSSR count). The lowest BCUT2D eigenvalue weighted by molar-refractivity contribution is 0.457. The standard InChI is InChI=1S/C21H18O2/c1-21(16-6-10-18(22)11-7-16,17-8-12-19(23)13-9-17)20-14-2-3-15(20)5-4-14/h2-13,20,22-23H,1H3. The molecule has 0 spiro atoms. The summed E-state index contributed by atoms with van der Waals surface area (Å²) >= 11 is 0. The van der Waals surface area contributed by atoms with Crippen LogP contribution in [0.2, 0.25) is 0 Å². The van der Waals surface area contributed by atoms with Crippen molar-refractivity contribution < 1.29 is 10.2 Å². The Hall–Kier alpha value is -2.74. The Morgan fingerprint density at radius 3 is 1.43 bits per heavy atom. The first-order valence-corrected chi connectivity index (χ1v) is 7.78. The summed E-state index contributed by atoms with van der Waals surface area (Å²) in [6, 6.07) is 14.9. The molecule has 2 bridgehead atoms. The zero-order valence-corrected chi connectivity index (χ0v) is 12.9. The molecule has 2 N–H and O–H groups in total. The summed E-state index contributed by atoms with van der Waals surface area (Å²) in [7, 11) is 0. The minimum Gasteiger partial charge on any atom is -0.508 e. The van der Waals surface area contributed by atoms with Gasteiger partial charge in [0.05, 0.1) is 0 Å². The highest BCUT2D eigenvalue weighted by atomic mass is 16.3. The van der Waals surface area contributed by atoms with Crippen LogP contribution in [0.5, 0.6) is 11.5 Å². The number of aromatic hydroxyl groups is 2. The van der Waals surface area contributed by atoms with E-state index in [1.165, 1.54) is 11.1 Å². The molecule has 0 saturated carbocycles. The van der Waals surface area contributed by atoms with E-state index in [2.05, 4.69) is 31.2 Å². The predicted octanol–water partition coefficient (Wildman–Crippen LogP) is 4.46. The summed E-state index contributed by atoms with van der Waals surface area (Å²) < 4.78 is 0. The number of allylic oxidation sites excluding steroid dienone is 6. The van der Waals surface area contributed by atoms with Crippen molar-refractivity contribution in [2.45, 2.75) is 12.3 Å². The van der Waals surface area contributed by atoms with Gasteiger partial charge in [0.25, 0.3) is 0 Å². The fraction of sp³-hybridized carbons (Fsp3) is 0.143. The van der Waals surface area contributed by atoms with E-state index in [-0.39, 0.29) is 22.8 Å². The highest BCUT2D eigenvalue weighted by Gasteiger charge is 2.43. The van der Waals surface area contributed by atoms with Crippen LogP contribution in [0.15, 0.2) is 84.0 Å². The Labute approximate surface area is 135 Å². The normalized spacial score (nSPS) is 16.6. The fourth-order valence-corrected chi connectivity index (χ4v) is 3.86. The van der Waals surface area contributed by atoms with Gasteiger partial charge in [-0.15, -0.1) is 0 Å². The molecule has 0 unspecified atom stereocenters. The zero-order chi connectivity index (χ0) is 16.0. The second-order valence-corrected chi connectivity index (χ2v) is 6.40. The van der Waals surface area contributed by atoms with Gasteiger partial charge < -0.3 is 10.2 Å².